The second kappa shape index (κ2) is 8.81. The van der Waals surface area contributed by atoms with E-state index in [4.69, 9.17) is 0 Å². The zero-order valence-corrected chi connectivity index (χ0v) is 14.1. The molecule has 1 saturated heterocycles. The molecular weight excluding hydrogens is 318 g/mol. The van der Waals surface area contributed by atoms with Gasteiger partial charge in [-0.2, -0.15) is 0 Å². The third kappa shape index (κ3) is 5.30. The van der Waals surface area contributed by atoms with Crippen LogP contribution >= 0.6 is 0 Å². The Balaban J connectivity index is 1.31. The summed E-state index contributed by atoms with van der Waals surface area (Å²) in [5.41, 5.74) is 0. The molecule has 1 fully saturated rings. The van der Waals surface area contributed by atoms with Crippen molar-refractivity contribution in [3.8, 4) is 0 Å². The van der Waals surface area contributed by atoms with E-state index in [0.29, 0.717) is 13.1 Å². The van der Waals surface area contributed by atoms with Crippen LogP contribution in [0.25, 0.3) is 0 Å². The maximum Gasteiger partial charge on any atom is 0.315 e. The summed E-state index contributed by atoms with van der Waals surface area (Å²) >= 11 is 0. The van der Waals surface area contributed by atoms with Crippen LogP contribution in [0.5, 0.6) is 0 Å². The fraction of sp³-hybridized carbons (Fsp3) is 0.412. The van der Waals surface area contributed by atoms with Crippen molar-refractivity contribution in [1.29, 1.82) is 0 Å². The van der Waals surface area contributed by atoms with Crippen LogP contribution < -0.4 is 20.9 Å². The molecule has 1 aliphatic rings. The first-order valence-corrected chi connectivity index (χ1v) is 8.52. The number of nitrogens with one attached hydrogen (secondary N) is 3. The summed E-state index contributed by atoms with van der Waals surface area (Å²) in [4.78, 5) is 26.8. The van der Waals surface area contributed by atoms with Gasteiger partial charge in [0.1, 0.15) is 5.82 Å². The first kappa shape index (κ1) is 16.9. The number of carbonyl (C=O) groups excluding carboxylic acids is 1. The number of nitrogens with zero attached hydrogens (tertiary/aromatic N) is 4. The topological polar surface area (TPSA) is 95.1 Å². The Bertz CT molecular complexity index is 645. The average Bonchev–Trinajstić information content (AvgIpc) is 2.67. The number of hydrogen-bond acceptors (Lipinski definition) is 6. The minimum absolute atomic E-state index is 0.128. The number of rotatable bonds is 6. The van der Waals surface area contributed by atoms with Crippen LogP contribution in [-0.4, -0.2) is 53.2 Å². The lowest BCUT2D eigenvalue weighted by Crippen LogP contribution is -2.48. The van der Waals surface area contributed by atoms with Gasteiger partial charge in [-0.1, -0.05) is 6.07 Å². The molecule has 8 heteroatoms. The van der Waals surface area contributed by atoms with Crippen molar-refractivity contribution < 1.29 is 4.79 Å². The number of carbonyl (C=O) groups is 1. The summed E-state index contributed by atoms with van der Waals surface area (Å²) in [5.74, 6) is 1.56. The van der Waals surface area contributed by atoms with Gasteiger partial charge in [-0.3, -0.25) is 0 Å². The van der Waals surface area contributed by atoms with E-state index in [1.165, 1.54) is 0 Å². The predicted molar refractivity (Wildman–Crippen MR) is 96.5 cm³/mol. The standard InChI is InChI=1S/C17H23N7O/c25-17(22-11-10-19-15-4-1-2-7-18-15)23-14-5-12-24(13-6-14)16-20-8-3-9-21-16/h1-4,7-9,14H,5-6,10-13H2,(H,18,19)(H2,22,23,25). The summed E-state index contributed by atoms with van der Waals surface area (Å²) in [6, 6.07) is 7.55. The molecular formula is C17H23N7O. The molecule has 0 radical (unpaired) electrons. The van der Waals surface area contributed by atoms with E-state index >= 15 is 0 Å². The molecule has 0 atom stereocenters. The molecule has 1 aliphatic heterocycles. The lowest BCUT2D eigenvalue weighted by Gasteiger charge is -2.32. The highest BCUT2D eigenvalue weighted by Gasteiger charge is 2.21. The maximum atomic E-state index is 12.0. The van der Waals surface area contributed by atoms with Gasteiger partial charge in [-0.05, 0) is 31.0 Å². The highest BCUT2D eigenvalue weighted by molar-refractivity contribution is 5.74. The molecule has 2 amide bonds. The average molecular weight is 341 g/mol. The summed E-state index contributed by atoms with van der Waals surface area (Å²) in [7, 11) is 0. The van der Waals surface area contributed by atoms with Gasteiger partial charge in [0, 0.05) is 50.8 Å². The molecule has 25 heavy (non-hydrogen) atoms. The van der Waals surface area contributed by atoms with Crippen LogP contribution in [0, 0.1) is 0 Å². The van der Waals surface area contributed by atoms with Crippen LogP contribution in [0.15, 0.2) is 42.9 Å². The Morgan fingerprint density at radius 2 is 1.80 bits per heavy atom. The van der Waals surface area contributed by atoms with E-state index < -0.39 is 0 Å². The Labute approximate surface area is 147 Å². The minimum atomic E-state index is -0.128. The fourth-order valence-electron chi connectivity index (χ4n) is 2.75. The molecule has 3 heterocycles. The van der Waals surface area contributed by atoms with Crippen molar-refractivity contribution >= 4 is 17.8 Å². The smallest absolute Gasteiger partial charge is 0.315 e. The van der Waals surface area contributed by atoms with E-state index in [2.05, 4.69) is 35.8 Å². The Morgan fingerprint density at radius 3 is 2.52 bits per heavy atom. The number of aromatic nitrogens is 3. The molecule has 8 nitrogen and oxygen atoms in total. The number of amides is 2. The lowest BCUT2D eigenvalue weighted by molar-refractivity contribution is 0.234. The van der Waals surface area contributed by atoms with E-state index in [1.807, 2.05) is 24.3 Å². The fourth-order valence-corrected chi connectivity index (χ4v) is 2.75. The van der Waals surface area contributed by atoms with Gasteiger partial charge >= 0.3 is 6.03 Å². The Hall–Kier alpha value is -2.90. The Kier molecular flexibility index (Phi) is 5.97. The van der Waals surface area contributed by atoms with Gasteiger partial charge in [0.25, 0.3) is 0 Å². The van der Waals surface area contributed by atoms with Gasteiger partial charge in [-0.25, -0.2) is 19.7 Å². The molecule has 0 saturated carbocycles. The number of urea groups is 1. The predicted octanol–water partition coefficient (Wildman–Crippen LogP) is 1.25. The number of pyridine rings is 1. The highest BCUT2D eigenvalue weighted by atomic mass is 16.2. The van der Waals surface area contributed by atoms with Crippen molar-refractivity contribution in [2.75, 3.05) is 36.4 Å². The van der Waals surface area contributed by atoms with Crippen LogP contribution in [0.3, 0.4) is 0 Å². The number of hydrogen-bond donors (Lipinski definition) is 3. The van der Waals surface area contributed by atoms with Crippen molar-refractivity contribution in [1.82, 2.24) is 25.6 Å². The highest BCUT2D eigenvalue weighted by Crippen LogP contribution is 2.15. The molecule has 3 N–H and O–H groups in total. The van der Waals surface area contributed by atoms with E-state index in [-0.39, 0.29) is 12.1 Å². The molecule has 0 aromatic carbocycles. The van der Waals surface area contributed by atoms with Crippen molar-refractivity contribution in [2.24, 2.45) is 0 Å². The van der Waals surface area contributed by atoms with Gasteiger partial charge in [0.05, 0.1) is 0 Å². The Morgan fingerprint density at radius 1 is 1.04 bits per heavy atom. The second-order valence-corrected chi connectivity index (χ2v) is 5.85. The number of piperidine rings is 1. The summed E-state index contributed by atoms with van der Waals surface area (Å²) in [6.45, 7) is 2.86. The van der Waals surface area contributed by atoms with Crippen molar-refractivity contribution in [3.05, 3.63) is 42.9 Å². The normalized spacial score (nSPS) is 14.8. The quantitative estimate of drug-likeness (QED) is 0.685. The van der Waals surface area contributed by atoms with E-state index in [1.54, 1.807) is 18.6 Å². The molecule has 2 aromatic rings. The van der Waals surface area contributed by atoms with Crippen LogP contribution in [0.1, 0.15) is 12.8 Å². The monoisotopic (exact) mass is 341 g/mol. The van der Waals surface area contributed by atoms with Gasteiger partial charge in [0.2, 0.25) is 5.95 Å². The summed E-state index contributed by atoms with van der Waals surface area (Å²) < 4.78 is 0. The zero-order chi connectivity index (χ0) is 17.3. The van der Waals surface area contributed by atoms with E-state index in [9.17, 15) is 4.79 Å². The zero-order valence-electron chi connectivity index (χ0n) is 14.1. The molecule has 0 unspecified atom stereocenters. The summed E-state index contributed by atoms with van der Waals surface area (Å²) in [5, 5.41) is 9.05. The molecule has 3 rings (SSSR count). The second-order valence-electron chi connectivity index (χ2n) is 5.85. The van der Waals surface area contributed by atoms with Gasteiger partial charge in [-0.15, -0.1) is 0 Å². The maximum absolute atomic E-state index is 12.0. The third-order valence-corrected chi connectivity index (χ3v) is 4.05. The summed E-state index contributed by atoms with van der Waals surface area (Å²) in [6.07, 6.45) is 7.00. The van der Waals surface area contributed by atoms with Crippen molar-refractivity contribution in [3.63, 3.8) is 0 Å². The lowest BCUT2D eigenvalue weighted by atomic mass is 10.1. The molecule has 0 bridgehead atoms. The van der Waals surface area contributed by atoms with Crippen LogP contribution in [0.4, 0.5) is 16.6 Å². The molecule has 0 aliphatic carbocycles. The number of anilines is 2. The van der Waals surface area contributed by atoms with Gasteiger partial charge in [0.15, 0.2) is 0 Å². The molecule has 0 spiro atoms. The molecule has 132 valence electrons. The first-order valence-electron chi connectivity index (χ1n) is 8.52. The largest absolute Gasteiger partial charge is 0.368 e. The van der Waals surface area contributed by atoms with E-state index in [0.717, 1.165) is 37.7 Å². The van der Waals surface area contributed by atoms with Crippen LogP contribution in [-0.2, 0) is 0 Å². The van der Waals surface area contributed by atoms with Crippen LogP contribution in [0.2, 0.25) is 0 Å². The van der Waals surface area contributed by atoms with Crippen molar-refractivity contribution in [2.45, 2.75) is 18.9 Å². The third-order valence-electron chi connectivity index (χ3n) is 4.05. The minimum Gasteiger partial charge on any atom is -0.368 e. The first-order chi connectivity index (χ1) is 12.3. The SMILES string of the molecule is O=C(NCCNc1ccccn1)NC1CCN(c2ncccn2)CC1. The van der Waals surface area contributed by atoms with Gasteiger partial charge < -0.3 is 20.9 Å². The molecule has 2 aromatic heterocycles.